The number of hydrogen-bond donors (Lipinski definition) is 1. The van der Waals surface area contributed by atoms with Gasteiger partial charge in [0.1, 0.15) is 6.26 Å². The van der Waals surface area contributed by atoms with Gasteiger partial charge in [-0.2, -0.15) is 0 Å². The molecule has 1 rings (SSSR count). The Morgan fingerprint density at radius 1 is 1.88 bits per heavy atom. The van der Waals surface area contributed by atoms with E-state index >= 15 is 0 Å². The molecule has 2 heteroatoms. The summed E-state index contributed by atoms with van der Waals surface area (Å²) in [6.45, 7) is 5.63. The molecule has 0 spiro atoms. The molecule has 1 atom stereocenters. The highest BCUT2D eigenvalue weighted by Crippen LogP contribution is 2.04. The molecule has 8 heavy (non-hydrogen) atoms. The van der Waals surface area contributed by atoms with Gasteiger partial charge in [0.2, 0.25) is 0 Å². The van der Waals surface area contributed by atoms with Crippen molar-refractivity contribution in [3.63, 3.8) is 0 Å². The molecular formula is C6H9NO. The third kappa shape index (κ3) is 0.832. The lowest BCUT2D eigenvalue weighted by Crippen LogP contribution is -2.21. The third-order valence-electron chi connectivity index (χ3n) is 0.978. The molecule has 0 aromatic heterocycles. The van der Waals surface area contributed by atoms with Gasteiger partial charge in [-0.1, -0.05) is 6.58 Å². The highest BCUT2D eigenvalue weighted by Gasteiger charge is 2.08. The maximum absolute atomic E-state index is 5.02. The Bertz CT molecular complexity index is 120. The van der Waals surface area contributed by atoms with Crippen LogP contribution in [0, 0.1) is 0 Å². The van der Waals surface area contributed by atoms with Gasteiger partial charge in [-0.3, -0.25) is 0 Å². The fourth-order valence-corrected chi connectivity index (χ4v) is 0.542. The number of nitrogens with one attached hydrogen (secondary N) is 1. The lowest BCUT2D eigenvalue weighted by Gasteiger charge is -2.08. The molecule has 0 saturated carbocycles. The topological polar surface area (TPSA) is 21.3 Å². The third-order valence-corrected chi connectivity index (χ3v) is 0.978. The molecule has 0 aromatic rings. The first-order valence-corrected chi connectivity index (χ1v) is 2.52. The van der Waals surface area contributed by atoms with Gasteiger partial charge in [0.25, 0.3) is 0 Å². The Balaban J connectivity index is 2.41. The molecular weight excluding hydrogens is 102 g/mol. The van der Waals surface area contributed by atoms with Crippen LogP contribution in [0.1, 0.15) is 6.92 Å². The molecule has 0 radical (unpaired) electrons. The number of hydrogen-bond acceptors (Lipinski definition) is 2. The first kappa shape index (κ1) is 5.22. The highest BCUT2D eigenvalue weighted by atomic mass is 16.5. The van der Waals surface area contributed by atoms with Crippen LogP contribution in [0.2, 0.25) is 0 Å². The summed E-state index contributed by atoms with van der Waals surface area (Å²) in [5, 5.41) is 2.95. The van der Waals surface area contributed by atoms with E-state index in [-0.39, 0.29) is 6.23 Å². The smallest absolute Gasteiger partial charge is 0.190 e. The maximum atomic E-state index is 5.02. The first-order valence-electron chi connectivity index (χ1n) is 2.52. The van der Waals surface area contributed by atoms with E-state index in [1.807, 2.05) is 6.92 Å². The molecule has 1 aliphatic rings. The van der Waals surface area contributed by atoms with Crippen LogP contribution in [0.3, 0.4) is 0 Å². The Morgan fingerprint density at radius 2 is 2.62 bits per heavy atom. The van der Waals surface area contributed by atoms with Gasteiger partial charge < -0.3 is 10.1 Å². The van der Waals surface area contributed by atoms with E-state index in [2.05, 4.69) is 11.9 Å². The SMILES string of the molecule is C=C(C)C1NC=CO1. The van der Waals surface area contributed by atoms with Crippen LogP contribution in [0.4, 0.5) is 0 Å². The summed E-state index contributed by atoms with van der Waals surface area (Å²) >= 11 is 0. The number of rotatable bonds is 1. The van der Waals surface area contributed by atoms with Crippen molar-refractivity contribution in [1.29, 1.82) is 0 Å². The summed E-state index contributed by atoms with van der Waals surface area (Å²) in [5.74, 6) is 0. The molecule has 0 amide bonds. The Kier molecular flexibility index (Phi) is 1.24. The van der Waals surface area contributed by atoms with E-state index in [1.165, 1.54) is 0 Å². The van der Waals surface area contributed by atoms with Gasteiger partial charge in [0.05, 0.1) is 0 Å². The first-order chi connectivity index (χ1) is 3.80. The zero-order valence-electron chi connectivity index (χ0n) is 4.85. The summed E-state index contributed by atoms with van der Waals surface area (Å²) in [5.41, 5.74) is 0.995. The Morgan fingerprint density at radius 3 is 2.88 bits per heavy atom. The Labute approximate surface area is 48.8 Å². The fourth-order valence-electron chi connectivity index (χ4n) is 0.542. The van der Waals surface area contributed by atoms with Gasteiger partial charge in [-0.15, -0.1) is 0 Å². The van der Waals surface area contributed by atoms with Crippen molar-refractivity contribution in [1.82, 2.24) is 5.32 Å². The lowest BCUT2D eigenvalue weighted by atomic mass is 10.3. The second-order valence-electron chi connectivity index (χ2n) is 1.83. The summed E-state index contributed by atoms with van der Waals surface area (Å²) in [7, 11) is 0. The molecule has 0 bridgehead atoms. The van der Waals surface area contributed by atoms with Gasteiger partial charge in [-0.05, 0) is 12.5 Å². The molecule has 0 saturated heterocycles. The second kappa shape index (κ2) is 1.90. The van der Waals surface area contributed by atoms with Crippen LogP contribution in [0.25, 0.3) is 0 Å². The van der Waals surface area contributed by atoms with E-state index in [1.54, 1.807) is 12.5 Å². The predicted molar refractivity (Wildman–Crippen MR) is 32.0 cm³/mol. The molecule has 1 heterocycles. The molecule has 0 fully saturated rings. The average Bonchev–Trinajstić information content (AvgIpc) is 2.12. The zero-order valence-corrected chi connectivity index (χ0v) is 4.85. The lowest BCUT2D eigenvalue weighted by molar-refractivity contribution is 0.186. The van der Waals surface area contributed by atoms with Crippen molar-refractivity contribution >= 4 is 0 Å². The van der Waals surface area contributed by atoms with Crippen molar-refractivity contribution in [3.05, 3.63) is 24.6 Å². The van der Waals surface area contributed by atoms with Crippen molar-refractivity contribution in [2.75, 3.05) is 0 Å². The van der Waals surface area contributed by atoms with Gasteiger partial charge >= 0.3 is 0 Å². The largest absolute Gasteiger partial charge is 0.473 e. The zero-order chi connectivity index (χ0) is 5.98. The van der Waals surface area contributed by atoms with Crippen LogP contribution in [-0.4, -0.2) is 6.23 Å². The average molecular weight is 111 g/mol. The minimum absolute atomic E-state index is 0.00926. The molecule has 44 valence electrons. The van der Waals surface area contributed by atoms with E-state index in [4.69, 9.17) is 4.74 Å². The maximum Gasteiger partial charge on any atom is 0.190 e. The van der Waals surface area contributed by atoms with Crippen molar-refractivity contribution in [2.24, 2.45) is 0 Å². The molecule has 1 unspecified atom stereocenters. The van der Waals surface area contributed by atoms with Crippen LogP contribution in [0.15, 0.2) is 24.6 Å². The molecule has 1 N–H and O–H groups in total. The van der Waals surface area contributed by atoms with Gasteiger partial charge in [0, 0.05) is 6.20 Å². The second-order valence-corrected chi connectivity index (χ2v) is 1.83. The summed E-state index contributed by atoms with van der Waals surface area (Å²) < 4.78 is 5.02. The predicted octanol–water partition coefficient (Wildman–Crippen LogP) is 0.980. The minimum atomic E-state index is 0.00926. The standard InChI is InChI=1S/C6H9NO/c1-5(2)6-7-3-4-8-6/h3-4,6-7H,1H2,2H3. The van der Waals surface area contributed by atoms with Crippen LogP contribution in [-0.2, 0) is 4.74 Å². The fraction of sp³-hybridized carbons (Fsp3) is 0.333. The van der Waals surface area contributed by atoms with Crippen molar-refractivity contribution in [3.8, 4) is 0 Å². The molecule has 0 aliphatic carbocycles. The quantitative estimate of drug-likeness (QED) is 0.509. The van der Waals surface area contributed by atoms with E-state index in [9.17, 15) is 0 Å². The highest BCUT2D eigenvalue weighted by molar-refractivity contribution is 5.02. The Hall–Kier alpha value is -0.920. The molecule has 0 aromatic carbocycles. The van der Waals surface area contributed by atoms with E-state index in [0.29, 0.717) is 0 Å². The summed E-state index contributed by atoms with van der Waals surface area (Å²) in [6.07, 6.45) is 3.40. The van der Waals surface area contributed by atoms with E-state index < -0.39 is 0 Å². The van der Waals surface area contributed by atoms with Crippen LogP contribution < -0.4 is 5.32 Å². The van der Waals surface area contributed by atoms with E-state index in [0.717, 1.165) is 5.57 Å². The minimum Gasteiger partial charge on any atom is -0.473 e. The number of ether oxygens (including phenoxy) is 1. The molecule has 2 nitrogen and oxygen atoms in total. The van der Waals surface area contributed by atoms with Crippen molar-refractivity contribution < 1.29 is 4.74 Å². The van der Waals surface area contributed by atoms with Crippen molar-refractivity contribution in [2.45, 2.75) is 13.2 Å². The van der Waals surface area contributed by atoms with Gasteiger partial charge in [-0.25, -0.2) is 0 Å². The van der Waals surface area contributed by atoms with Gasteiger partial charge in [0.15, 0.2) is 6.23 Å². The van der Waals surface area contributed by atoms with Crippen LogP contribution in [0.5, 0.6) is 0 Å². The summed E-state index contributed by atoms with van der Waals surface area (Å²) in [6, 6.07) is 0. The van der Waals surface area contributed by atoms with Crippen LogP contribution >= 0.6 is 0 Å². The summed E-state index contributed by atoms with van der Waals surface area (Å²) in [4.78, 5) is 0. The molecule has 1 aliphatic heterocycles. The monoisotopic (exact) mass is 111 g/mol. The normalized spacial score (nSPS) is 24.4.